The van der Waals surface area contributed by atoms with Gasteiger partial charge in [0.25, 0.3) is 0 Å². The largest absolute Gasteiger partial charge is 0.492 e. The van der Waals surface area contributed by atoms with Crippen molar-refractivity contribution < 1.29 is 14.3 Å². The molecule has 42 heavy (non-hydrogen) atoms. The molecule has 5 unspecified atom stereocenters. The maximum absolute atomic E-state index is 13.0. The van der Waals surface area contributed by atoms with Crippen LogP contribution in [-0.4, -0.2) is 11.6 Å². The van der Waals surface area contributed by atoms with Crippen molar-refractivity contribution >= 4 is 5.97 Å². The minimum atomic E-state index is -0.470. The lowest BCUT2D eigenvalue weighted by Gasteiger charge is -2.57. The minimum Gasteiger partial charge on any atom is -0.492 e. The Morgan fingerprint density at radius 3 is 1.83 bits per heavy atom. The number of allylic oxidation sites excluding steroid dienone is 10. The Hall–Kier alpha value is -2.29. The number of carbonyl (C=O) groups is 1. The topological polar surface area (TPSA) is 35.5 Å². The summed E-state index contributed by atoms with van der Waals surface area (Å²) < 4.78 is 12.3. The molecule has 0 spiro atoms. The molecule has 0 amide bonds. The highest BCUT2D eigenvalue weighted by atomic mass is 16.5. The Kier molecular flexibility index (Phi) is 13.2. The number of esters is 1. The van der Waals surface area contributed by atoms with Gasteiger partial charge < -0.3 is 9.47 Å². The highest BCUT2D eigenvalue weighted by Crippen LogP contribution is 2.62. The van der Waals surface area contributed by atoms with Gasteiger partial charge in [-0.3, -0.25) is 4.79 Å². The molecule has 0 aliphatic heterocycles. The summed E-state index contributed by atoms with van der Waals surface area (Å²) in [4.78, 5) is 13.0. The zero-order valence-corrected chi connectivity index (χ0v) is 28.8. The summed E-state index contributed by atoms with van der Waals surface area (Å²) in [5.41, 5.74) is 1.58. The Labute approximate surface area is 259 Å². The maximum atomic E-state index is 13.0. The van der Waals surface area contributed by atoms with E-state index in [0.29, 0.717) is 23.5 Å². The molecule has 3 heteroatoms. The molecular weight excluding hydrogens is 516 g/mol. The Bertz CT molecular complexity index is 1060. The van der Waals surface area contributed by atoms with E-state index in [1.54, 1.807) is 0 Å². The average Bonchev–Trinajstić information content (AvgIpc) is 2.97. The van der Waals surface area contributed by atoms with Crippen LogP contribution in [0, 0.1) is 34.5 Å². The van der Waals surface area contributed by atoms with E-state index in [1.807, 2.05) is 39.8 Å². The van der Waals surface area contributed by atoms with Crippen LogP contribution in [0.15, 0.2) is 72.3 Å². The summed E-state index contributed by atoms with van der Waals surface area (Å²) in [6.45, 7) is 30.1. The van der Waals surface area contributed by atoms with E-state index in [2.05, 4.69) is 79.0 Å². The molecule has 0 heterocycles. The van der Waals surface area contributed by atoms with E-state index in [1.165, 1.54) is 36.8 Å². The summed E-state index contributed by atoms with van der Waals surface area (Å²) in [5.74, 6) is 3.80. The zero-order chi connectivity index (χ0) is 31.7. The highest BCUT2D eigenvalue weighted by Gasteiger charge is 2.54. The van der Waals surface area contributed by atoms with Crippen molar-refractivity contribution in [2.45, 2.75) is 133 Å². The number of ether oxygens (including phenoxy) is 2. The Morgan fingerprint density at radius 1 is 0.810 bits per heavy atom. The second kappa shape index (κ2) is 15.4. The molecule has 2 aliphatic carbocycles. The third kappa shape index (κ3) is 7.80. The third-order valence-electron chi connectivity index (χ3n) is 11.0. The van der Waals surface area contributed by atoms with Gasteiger partial charge in [-0.15, -0.1) is 0 Å². The van der Waals surface area contributed by atoms with E-state index in [-0.39, 0.29) is 17.0 Å². The van der Waals surface area contributed by atoms with Crippen LogP contribution in [0.25, 0.3) is 0 Å². The Morgan fingerprint density at radius 2 is 1.36 bits per heavy atom. The molecule has 0 saturated heterocycles. The monoisotopic (exact) mass is 578 g/mol. The van der Waals surface area contributed by atoms with Crippen molar-refractivity contribution in [3.8, 4) is 0 Å². The fourth-order valence-electron chi connectivity index (χ4n) is 7.65. The van der Waals surface area contributed by atoms with Crippen molar-refractivity contribution in [3.05, 3.63) is 72.3 Å². The van der Waals surface area contributed by atoms with Crippen LogP contribution >= 0.6 is 0 Å². The quantitative estimate of drug-likeness (QED) is 0.110. The first-order valence-corrected chi connectivity index (χ1v) is 16.8. The van der Waals surface area contributed by atoms with Crippen LogP contribution in [0.4, 0.5) is 0 Å². The molecule has 2 aliphatic rings. The minimum absolute atomic E-state index is 0.156. The van der Waals surface area contributed by atoms with E-state index >= 15 is 0 Å². The van der Waals surface area contributed by atoms with Crippen LogP contribution in [0.3, 0.4) is 0 Å². The molecule has 5 atom stereocenters. The van der Waals surface area contributed by atoms with Gasteiger partial charge >= 0.3 is 5.97 Å². The van der Waals surface area contributed by atoms with E-state index in [9.17, 15) is 4.79 Å². The standard InChI is InChI=1S/C39H62O3/c1-13-32(22-20-29(9)41-36(40)37(11,16-4)17-5)39(34(15-3)26-31-24-28(8)25-35(39)27-31)33(14-2)23-21-30(10)42-38(12,18-6)19-7/h13-14,20-23,28,31,34-35H,1-2,15-19,24-27H2,3-12H3/b29-20+,30-21+,32-22+,33-23+. The van der Waals surface area contributed by atoms with Gasteiger partial charge in [0, 0.05) is 5.41 Å². The van der Waals surface area contributed by atoms with Crippen molar-refractivity contribution in [2.75, 3.05) is 0 Å². The number of fused-ring (bicyclic) bond motifs is 2. The normalized spacial score (nSPS) is 27.9. The van der Waals surface area contributed by atoms with E-state index < -0.39 is 5.41 Å². The smallest absolute Gasteiger partial charge is 0.316 e. The highest BCUT2D eigenvalue weighted by molar-refractivity contribution is 5.77. The second-order valence-electron chi connectivity index (χ2n) is 13.7. The van der Waals surface area contributed by atoms with Gasteiger partial charge in [-0.2, -0.15) is 0 Å². The molecule has 0 aromatic carbocycles. The number of rotatable bonds is 15. The van der Waals surface area contributed by atoms with E-state index in [4.69, 9.17) is 9.47 Å². The van der Waals surface area contributed by atoms with Crippen molar-refractivity contribution in [3.63, 3.8) is 0 Å². The summed E-state index contributed by atoms with van der Waals surface area (Å²) in [5, 5.41) is 0. The molecular formula is C39H62O3. The van der Waals surface area contributed by atoms with Gasteiger partial charge in [-0.05, 0) is 126 Å². The lowest BCUT2D eigenvalue weighted by molar-refractivity contribution is -0.150. The summed E-state index contributed by atoms with van der Waals surface area (Å²) >= 11 is 0. The van der Waals surface area contributed by atoms with Gasteiger partial charge in [0.15, 0.2) is 0 Å². The van der Waals surface area contributed by atoms with Gasteiger partial charge in [0.2, 0.25) is 0 Å². The molecule has 0 aromatic rings. The molecule has 2 bridgehead atoms. The van der Waals surface area contributed by atoms with Gasteiger partial charge in [0.1, 0.15) is 11.4 Å². The van der Waals surface area contributed by atoms with Gasteiger partial charge in [-0.1, -0.05) is 85.4 Å². The summed E-state index contributed by atoms with van der Waals surface area (Å²) in [7, 11) is 0. The number of carbonyl (C=O) groups excluding carboxylic acids is 1. The van der Waals surface area contributed by atoms with Crippen LogP contribution in [-0.2, 0) is 14.3 Å². The summed E-state index contributed by atoms with van der Waals surface area (Å²) in [6.07, 6.45) is 22.2. The number of hydrogen-bond donors (Lipinski definition) is 0. The Balaban J connectivity index is 2.70. The van der Waals surface area contributed by atoms with Crippen LogP contribution in [0.2, 0.25) is 0 Å². The molecule has 2 fully saturated rings. The van der Waals surface area contributed by atoms with E-state index in [0.717, 1.165) is 43.8 Å². The first-order chi connectivity index (χ1) is 19.8. The second-order valence-corrected chi connectivity index (χ2v) is 13.7. The SMILES string of the molecule is C=C/C(=C\C=C(/C)OC(=O)C(C)(CC)CC)C1(/C(C=C)=C/C=C(\C)OC(C)(CC)CC)C(CC)CC2CC(C)CC1C2. The molecule has 0 aromatic heterocycles. The molecule has 3 nitrogen and oxygen atoms in total. The van der Waals surface area contributed by atoms with Crippen molar-refractivity contribution in [1.29, 1.82) is 0 Å². The fourth-order valence-corrected chi connectivity index (χ4v) is 7.65. The van der Waals surface area contributed by atoms with Gasteiger partial charge in [0.05, 0.1) is 11.2 Å². The van der Waals surface area contributed by atoms with Crippen molar-refractivity contribution in [2.24, 2.45) is 34.5 Å². The van der Waals surface area contributed by atoms with Crippen LogP contribution in [0.5, 0.6) is 0 Å². The predicted molar refractivity (Wildman–Crippen MR) is 180 cm³/mol. The molecule has 0 N–H and O–H groups in total. The van der Waals surface area contributed by atoms with Crippen LogP contribution in [0.1, 0.15) is 127 Å². The first kappa shape index (κ1) is 35.9. The molecule has 0 radical (unpaired) electrons. The first-order valence-electron chi connectivity index (χ1n) is 16.8. The fraction of sp³-hybridized carbons (Fsp3) is 0.667. The molecule has 236 valence electrons. The lowest BCUT2D eigenvalue weighted by atomic mass is 9.47. The van der Waals surface area contributed by atoms with Gasteiger partial charge in [-0.25, -0.2) is 0 Å². The number of hydrogen-bond acceptors (Lipinski definition) is 3. The zero-order valence-electron chi connectivity index (χ0n) is 28.8. The van der Waals surface area contributed by atoms with Crippen LogP contribution < -0.4 is 0 Å². The maximum Gasteiger partial charge on any atom is 0.316 e. The predicted octanol–water partition coefficient (Wildman–Crippen LogP) is 11.5. The average molecular weight is 579 g/mol. The molecule has 2 rings (SSSR count). The summed E-state index contributed by atoms with van der Waals surface area (Å²) in [6, 6.07) is 0. The van der Waals surface area contributed by atoms with Crippen molar-refractivity contribution in [1.82, 2.24) is 0 Å². The third-order valence-corrected chi connectivity index (χ3v) is 11.0. The molecule has 2 saturated carbocycles. The lowest BCUT2D eigenvalue weighted by Crippen LogP contribution is -2.49.